The summed E-state index contributed by atoms with van der Waals surface area (Å²) in [5.41, 5.74) is 2.78. The van der Waals surface area contributed by atoms with E-state index in [-0.39, 0.29) is 23.6 Å². The lowest BCUT2D eigenvalue weighted by atomic mass is 9.93. The molecular weight excluding hydrogens is 444 g/mol. The fraction of sp³-hybridized carbons (Fsp3) is 0.333. The van der Waals surface area contributed by atoms with Crippen LogP contribution in [0.15, 0.2) is 46.4 Å². The van der Waals surface area contributed by atoms with Gasteiger partial charge in [0, 0.05) is 24.0 Å². The molecule has 0 radical (unpaired) electrons. The van der Waals surface area contributed by atoms with Gasteiger partial charge in [0.1, 0.15) is 23.6 Å². The largest absolute Gasteiger partial charge is 0.513 e. The number of hydrogen-bond donors (Lipinski definition) is 0. The maximum absolute atomic E-state index is 11.9. The molecule has 0 saturated carbocycles. The number of ether oxygens (including phenoxy) is 6. The minimum Gasteiger partial charge on any atom is -0.483 e. The highest BCUT2D eigenvalue weighted by Gasteiger charge is 2.31. The van der Waals surface area contributed by atoms with E-state index in [1.54, 1.807) is 38.5 Å². The second kappa shape index (κ2) is 9.82. The average Bonchev–Trinajstić information content (AvgIpc) is 2.85. The summed E-state index contributed by atoms with van der Waals surface area (Å²) < 4.78 is 31.2. The Labute approximate surface area is 196 Å². The molecule has 178 valence electrons. The summed E-state index contributed by atoms with van der Waals surface area (Å²) in [4.78, 5) is 33.3. The van der Waals surface area contributed by atoms with Gasteiger partial charge in [0.15, 0.2) is 0 Å². The third-order valence-corrected chi connectivity index (χ3v) is 5.51. The van der Waals surface area contributed by atoms with Crippen LogP contribution in [0.4, 0.5) is 9.59 Å². The molecule has 34 heavy (non-hydrogen) atoms. The summed E-state index contributed by atoms with van der Waals surface area (Å²) in [6, 6.07) is 9.81. The lowest BCUT2D eigenvalue weighted by Gasteiger charge is -2.26. The first kappa shape index (κ1) is 23.1. The first-order chi connectivity index (χ1) is 16.4. The predicted octanol–water partition coefficient (Wildman–Crippen LogP) is 3.58. The molecule has 0 fully saturated rings. The number of aliphatic imine (C=N–C) groups is 2. The van der Waals surface area contributed by atoms with Crippen LogP contribution in [-0.2, 0) is 31.8 Å². The Morgan fingerprint density at radius 3 is 1.47 bits per heavy atom. The van der Waals surface area contributed by atoms with Gasteiger partial charge in [-0.2, -0.15) is 0 Å². The fourth-order valence-electron chi connectivity index (χ4n) is 3.95. The minimum absolute atomic E-state index is 0.242. The Morgan fingerprint density at radius 2 is 1.12 bits per heavy atom. The molecule has 2 aromatic carbocycles. The first-order valence-corrected chi connectivity index (χ1v) is 10.5. The molecule has 3 heterocycles. The van der Waals surface area contributed by atoms with Crippen molar-refractivity contribution in [1.29, 1.82) is 0 Å². The Kier molecular flexibility index (Phi) is 6.67. The lowest BCUT2D eigenvalue weighted by Crippen LogP contribution is -2.37. The quantitative estimate of drug-likeness (QED) is 0.485. The van der Waals surface area contributed by atoms with E-state index in [4.69, 9.17) is 28.9 Å². The highest BCUT2D eigenvalue weighted by molar-refractivity contribution is 5.94. The molecule has 10 nitrogen and oxygen atoms in total. The summed E-state index contributed by atoms with van der Waals surface area (Å²) in [6.07, 6.45) is -0.845. The molecule has 3 aliphatic heterocycles. The molecule has 0 saturated heterocycles. The Bertz CT molecular complexity index is 1080. The molecule has 5 rings (SSSR count). The Hall–Kier alpha value is -4.08. The Morgan fingerprint density at radius 1 is 0.706 bits per heavy atom. The van der Waals surface area contributed by atoms with Crippen LogP contribution in [0.25, 0.3) is 11.1 Å². The summed E-state index contributed by atoms with van der Waals surface area (Å²) >= 11 is 0. The normalized spacial score (nSPS) is 18.4. The third kappa shape index (κ3) is 4.66. The van der Waals surface area contributed by atoms with E-state index in [1.807, 2.05) is 12.1 Å². The molecule has 0 amide bonds. The van der Waals surface area contributed by atoms with Crippen molar-refractivity contribution in [3.8, 4) is 22.6 Å². The van der Waals surface area contributed by atoms with Crippen LogP contribution >= 0.6 is 0 Å². The van der Waals surface area contributed by atoms with Gasteiger partial charge in [0.2, 0.25) is 11.8 Å². The van der Waals surface area contributed by atoms with Crippen molar-refractivity contribution in [2.45, 2.75) is 24.9 Å². The molecule has 0 aromatic heterocycles. The molecule has 6 bridgehead atoms. The van der Waals surface area contributed by atoms with Gasteiger partial charge in [-0.25, -0.2) is 19.6 Å². The van der Waals surface area contributed by atoms with E-state index in [0.29, 0.717) is 35.8 Å². The zero-order chi connectivity index (χ0) is 24.2. The lowest BCUT2D eigenvalue weighted by molar-refractivity contribution is 0.120. The number of carbonyl (C=O) groups is 2. The van der Waals surface area contributed by atoms with Gasteiger partial charge in [-0.05, 0) is 35.4 Å². The highest BCUT2D eigenvalue weighted by atomic mass is 16.7. The van der Waals surface area contributed by atoms with Gasteiger partial charge in [0.25, 0.3) is 0 Å². The third-order valence-electron chi connectivity index (χ3n) is 5.51. The number of rotatable bonds is 2. The molecule has 3 aliphatic rings. The smallest absolute Gasteiger partial charge is 0.483 e. The Balaban J connectivity index is 1.92. The van der Waals surface area contributed by atoms with Gasteiger partial charge in [-0.1, -0.05) is 12.1 Å². The van der Waals surface area contributed by atoms with Crippen LogP contribution in [0.5, 0.6) is 11.5 Å². The van der Waals surface area contributed by atoms with Crippen LogP contribution in [0.3, 0.4) is 0 Å². The fourth-order valence-corrected chi connectivity index (χ4v) is 3.95. The van der Waals surface area contributed by atoms with Crippen LogP contribution < -0.4 is 9.47 Å². The van der Waals surface area contributed by atoms with Crippen LogP contribution in [0, 0.1) is 0 Å². The second-order valence-electron chi connectivity index (χ2n) is 7.56. The molecule has 0 aliphatic carbocycles. The summed E-state index contributed by atoms with van der Waals surface area (Å²) in [5, 5.41) is 0. The standard InChI is InChI=1S/C24H24N2O8/c1-29-21-17-11-13-5-7-19(33-23(27)31-3)15(9-13)16-10-14(6-8-20(16)34-24(28)32-4)12-18(25-21)22(26-17)30-2/h5-10,17-18H,11-12H2,1-4H3/t17-,18-/m0/s1. The van der Waals surface area contributed by atoms with Crippen LogP contribution in [-0.4, -0.2) is 64.6 Å². The number of hydrogen-bond acceptors (Lipinski definition) is 10. The molecular formula is C24H24N2O8. The van der Waals surface area contributed by atoms with Crippen molar-refractivity contribution in [1.82, 2.24) is 0 Å². The van der Waals surface area contributed by atoms with Gasteiger partial charge in [-0.15, -0.1) is 0 Å². The molecule has 2 aromatic rings. The van der Waals surface area contributed by atoms with Gasteiger partial charge < -0.3 is 28.4 Å². The van der Waals surface area contributed by atoms with E-state index in [1.165, 1.54) is 14.2 Å². The zero-order valence-electron chi connectivity index (χ0n) is 19.2. The van der Waals surface area contributed by atoms with Gasteiger partial charge in [0.05, 0.1) is 28.4 Å². The molecule has 0 spiro atoms. The number of methoxy groups -OCH3 is 4. The maximum atomic E-state index is 11.9. The highest BCUT2D eigenvalue weighted by Crippen LogP contribution is 2.39. The molecule has 10 heteroatoms. The van der Waals surface area contributed by atoms with Crippen molar-refractivity contribution in [2.24, 2.45) is 9.98 Å². The van der Waals surface area contributed by atoms with Gasteiger partial charge >= 0.3 is 12.3 Å². The predicted molar refractivity (Wildman–Crippen MR) is 122 cm³/mol. The average molecular weight is 468 g/mol. The van der Waals surface area contributed by atoms with Crippen molar-refractivity contribution < 1.29 is 38.0 Å². The number of nitrogens with zero attached hydrogens (tertiary/aromatic N) is 2. The number of benzene rings is 2. The second-order valence-corrected chi connectivity index (χ2v) is 7.56. The van der Waals surface area contributed by atoms with Crippen molar-refractivity contribution in [3.05, 3.63) is 47.5 Å². The van der Waals surface area contributed by atoms with E-state index in [0.717, 1.165) is 11.1 Å². The van der Waals surface area contributed by atoms with Crippen molar-refractivity contribution >= 4 is 24.1 Å². The van der Waals surface area contributed by atoms with E-state index >= 15 is 0 Å². The monoisotopic (exact) mass is 468 g/mol. The summed E-state index contributed by atoms with van der Waals surface area (Å²) in [6.45, 7) is 0. The van der Waals surface area contributed by atoms with Crippen LogP contribution in [0.2, 0.25) is 0 Å². The van der Waals surface area contributed by atoms with Crippen molar-refractivity contribution in [3.63, 3.8) is 0 Å². The minimum atomic E-state index is -0.871. The molecule has 0 N–H and O–H groups in total. The molecule has 2 atom stereocenters. The van der Waals surface area contributed by atoms with E-state index in [2.05, 4.69) is 9.47 Å². The van der Waals surface area contributed by atoms with E-state index < -0.39 is 12.3 Å². The maximum Gasteiger partial charge on any atom is 0.513 e. The zero-order valence-corrected chi connectivity index (χ0v) is 19.2. The van der Waals surface area contributed by atoms with Crippen LogP contribution in [0.1, 0.15) is 11.1 Å². The molecule has 0 unspecified atom stereocenters. The van der Waals surface area contributed by atoms with Crippen molar-refractivity contribution in [2.75, 3.05) is 28.4 Å². The first-order valence-electron chi connectivity index (χ1n) is 10.5. The van der Waals surface area contributed by atoms with E-state index in [9.17, 15) is 9.59 Å². The topological polar surface area (TPSA) is 114 Å². The SMILES string of the molecule is COC(=O)Oc1ccc2cc1-c1cc(ccc1OC(=O)OC)C[C@@H]1N=C(OC)[C@H](C2)N=C1OC. The summed E-state index contributed by atoms with van der Waals surface area (Å²) in [7, 11) is 5.58. The summed E-state index contributed by atoms with van der Waals surface area (Å²) in [5.74, 6) is 1.50. The number of carbonyl (C=O) groups excluding carboxylic acids is 2. The van der Waals surface area contributed by atoms with Gasteiger partial charge in [-0.3, -0.25) is 0 Å².